The molecule has 3 rings (SSSR count). The van der Waals surface area contributed by atoms with E-state index in [-0.39, 0.29) is 11.9 Å². The maximum Gasteiger partial charge on any atom is 0.126 e. The van der Waals surface area contributed by atoms with Crippen LogP contribution in [0.15, 0.2) is 18.2 Å². The van der Waals surface area contributed by atoms with Gasteiger partial charge in [-0.3, -0.25) is 0 Å². The van der Waals surface area contributed by atoms with Crippen molar-refractivity contribution in [3.8, 4) is 10.6 Å². The number of hydrogen-bond donors (Lipinski definition) is 1. The van der Waals surface area contributed by atoms with Gasteiger partial charge >= 0.3 is 0 Å². The van der Waals surface area contributed by atoms with E-state index in [1.165, 1.54) is 4.88 Å². The first kappa shape index (κ1) is 11.8. The van der Waals surface area contributed by atoms with Crippen molar-refractivity contribution < 1.29 is 4.39 Å². The molecule has 0 spiro atoms. The van der Waals surface area contributed by atoms with Gasteiger partial charge < -0.3 is 5.73 Å². The van der Waals surface area contributed by atoms with Crippen LogP contribution in [0.25, 0.3) is 10.6 Å². The lowest BCUT2D eigenvalue weighted by molar-refractivity contribution is 0.576. The van der Waals surface area contributed by atoms with Gasteiger partial charge in [0, 0.05) is 16.5 Å². The summed E-state index contributed by atoms with van der Waals surface area (Å²) in [5.41, 5.74) is 8.65. The summed E-state index contributed by atoms with van der Waals surface area (Å²) < 4.78 is 13.6. The van der Waals surface area contributed by atoms with Crippen LogP contribution in [0.1, 0.15) is 22.6 Å². The zero-order chi connectivity index (χ0) is 12.7. The zero-order valence-corrected chi connectivity index (χ0v) is 11.1. The standard InChI is InChI=1S/C14H15FN2S/c1-8-2-3-9(6-11(8)15)14-17-12-5-4-10(16)7-13(12)18-14/h2-3,6,10H,4-5,7,16H2,1H3/t10-/m0/s1. The highest BCUT2D eigenvalue weighted by atomic mass is 32.1. The fraction of sp³-hybridized carbons (Fsp3) is 0.357. The molecule has 0 saturated heterocycles. The minimum Gasteiger partial charge on any atom is -0.327 e. The van der Waals surface area contributed by atoms with Crippen LogP contribution in [0, 0.1) is 12.7 Å². The molecular weight excluding hydrogens is 247 g/mol. The maximum absolute atomic E-state index is 13.6. The molecule has 1 aromatic carbocycles. The second kappa shape index (κ2) is 4.44. The van der Waals surface area contributed by atoms with E-state index < -0.39 is 0 Å². The molecule has 0 saturated carbocycles. The Morgan fingerprint density at radius 2 is 2.28 bits per heavy atom. The number of halogens is 1. The first-order valence-electron chi connectivity index (χ1n) is 6.14. The Kier molecular flexibility index (Phi) is 2.92. The molecule has 0 fully saturated rings. The lowest BCUT2D eigenvalue weighted by atomic mass is 9.99. The number of nitrogens with zero attached hydrogens (tertiary/aromatic N) is 1. The lowest BCUT2D eigenvalue weighted by Gasteiger charge is -2.15. The second-order valence-electron chi connectivity index (χ2n) is 4.86. The summed E-state index contributed by atoms with van der Waals surface area (Å²) in [4.78, 5) is 5.89. The molecular formula is C14H15FN2S. The molecule has 0 radical (unpaired) electrons. The van der Waals surface area contributed by atoms with Gasteiger partial charge in [0.2, 0.25) is 0 Å². The van der Waals surface area contributed by atoms with E-state index in [0.29, 0.717) is 5.56 Å². The van der Waals surface area contributed by atoms with Crippen molar-refractivity contribution in [2.75, 3.05) is 0 Å². The third-order valence-electron chi connectivity index (χ3n) is 3.40. The van der Waals surface area contributed by atoms with Gasteiger partial charge in [0.1, 0.15) is 10.8 Å². The highest BCUT2D eigenvalue weighted by molar-refractivity contribution is 7.15. The van der Waals surface area contributed by atoms with Crippen molar-refractivity contribution in [1.29, 1.82) is 0 Å². The van der Waals surface area contributed by atoms with E-state index in [9.17, 15) is 4.39 Å². The summed E-state index contributed by atoms with van der Waals surface area (Å²) in [6.45, 7) is 1.77. The summed E-state index contributed by atoms with van der Waals surface area (Å²) in [5.74, 6) is -0.169. The maximum atomic E-state index is 13.6. The molecule has 4 heteroatoms. The molecule has 1 aliphatic carbocycles. The van der Waals surface area contributed by atoms with Gasteiger partial charge in [-0.05, 0) is 37.8 Å². The summed E-state index contributed by atoms with van der Waals surface area (Å²) >= 11 is 1.65. The normalized spacial score (nSPS) is 18.7. The third kappa shape index (κ3) is 2.06. The van der Waals surface area contributed by atoms with Gasteiger partial charge in [-0.1, -0.05) is 12.1 Å². The fourth-order valence-corrected chi connectivity index (χ4v) is 3.45. The van der Waals surface area contributed by atoms with Gasteiger partial charge in [-0.15, -0.1) is 11.3 Å². The van der Waals surface area contributed by atoms with Gasteiger partial charge in [-0.2, -0.15) is 0 Å². The van der Waals surface area contributed by atoms with Crippen LogP contribution in [0.2, 0.25) is 0 Å². The Bertz CT molecular complexity index is 591. The van der Waals surface area contributed by atoms with E-state index in [0.717, 1.165) is 35.5 Å². The predicted molar refractivity (Wildman–Crippen MR) is 72.2 cm³/mol. The first-order chi connectivity index (χ1) is 8.63. The summed E-state index contributed by atoms with van der Waals surface area (Å²) in [6, 6.07) is 5.56. The van der Waals surface area contributed by atoms with Crippen molar-refractivity contribution in [3.63, 3.8) is 0 Å². The van der Waals surface area contributed by atoms with Crippen LogP contribution in [0.3, 0.4) is 0 Å². The molecule has 1 heterocycles. The SMILES string of the molecule is Cc1ccc(-c2nc3c(s2)C[C@@H](N)CC3)cc1F. The van der Waals surface area contributed by atoms with Crippen LogP contribution in [0.5, 0.6) is 0 Å². The molecule has 18 heavy (non-hydrogen) atoms. The number of aromatic nitrogens is 1. The first-order valence-corrected chi connectivity index (χ1v) is 6.96. The number of benzene rings is 1. The number of fused-ring (bicyclic) bond motifs is 1. The van der Waals surface area contributed by atoms with E-state index in [4.69, 9.17) is 5.73 Å². The highest BCUT2D eigenvalue weighted by Gasteiger charge is 2.20. The van der Waals surface area contributed by atoms with Gasteiger partial charge in [-0.25, -0.2) is 9.37 Å². The Balaban J connectivity index is 2.00. The van der Waals surface area contributed by atoms with Crippen molar-refractivity contribution in [3.05, 3.63) is 40.2 Å². The van der Waals surface area contributed by atoms with E-state index in [2.05, 4.69) is 4.98 Å². The molecule has 0 unspecified atom stereocenters. The summed E-state index contributed by atoms with van der Waals surface area (Å²) in [6.07, 6.45) is 2.85. The van der Waals surface area contributed by atoms with Crippen molar-refractivity contribution in [1.82, 2.24) is 4.98 Å². The predicted octanol–water partition coefficient (Wildman–Crippen LogP) is 3.07. The van der Waals surface area contributed by atoms with Crippen LogP contribution in [0.4, 0.5) is 4.39 Å². The monoisotopic (exact) mass is 262 g/mol. The smallest absolute Gasteiger partial charge is 0.126 e. The van der Waals surface area contributed by atoms with Crippen LogP contribution in [-0.4, -0.2) is 11.0 Å². The average molecular weight is 262 g/mol. The van der Waals surface area contributed by atoms with Crippen LogP contribution >= 0.6 is 11.3 Å². The number of nitrogens with two attached hydrogens (primary N) is 1. The molecule has 94 valence electrons. The van der Waals surface area contributed by atoms with Crippen LogP contribution < -0.4 is 5.73 Å². The fourth-order valence-electron chi connectivity index (χ4n) is 2.25. The second-order valence-corrected chi connectivity index (χ2v) is 5.94. The molecule has 1 aliphatic rings. The Labute approximate surface area is 110 Å². The molecule has 1 atom stereocenters. The highest BCUT2D eigenvalue weighted by Crippen LogP contribution is 2.32. The number of hydrogen-bond acceptors (Lipinski definition) is 3. The largest absolute Gasteiger partial charge is 0.327 e. The lowest BCUT2D eigenvalue weighted by Crippen LogP contribution is -2.26. The van der Waals surface area contributed by atoms with Gasteiger partial charge in [0.15, 0.2) is 0 Å². The molecule has 1 aromatic heterocycles. The molecule has 0 aliphatic heterocycles. The van der Waals surface area contributed by atoms with E-state index in [1.54, 1.807) is 30.4 Å². The van der Waals surface area contributed by atoms with Gasteiger partial charge in [0.25, 0.3) is 0 Å². The Hall–Kier alpha value is -1.26. The molecule has 0 amide bonds. The van der Waals surface area contributed by atoms with E-state index >= 15 is 0 Å². The minimum atomic E-state index is -0.169. The zero-order valence-electron chi connectivity index (χ0n) is 10.2. The molecule has 2 aromatic rings. The third-order valence-corrected chi connectivity index (χ3v) is 4.57. The Morgan fingerprint density at radius 1 is 1.44 bits per heavy atom. The van der Waals surface area contributed by atoms with Crippen molar-refractivity contribution in [2.24, 2.45) is 5.73 Å². The Morgan fingerprint density at radius 3 is 3.06 bits per heavy atom. The van der Waals surface area contributed by atoms with E-state index in [1.807, 2.05) is 6.07 Å². The number of thiazole rings is 1. The number of rotatable bonds is 1. The molecule has 2 nitrogen and oxygen atoms in total. The molecule has 0 bridgehead atoms. The topological polar surface area (TPSA) is 38.9 Å². The van der Waals surface area contributed by atoms with Crippen LogP contribution in [-0.2, 0) is 12.8 Å². The summed E-state index contributed by atoms with van der Waals surface area (Å²) in [5, 5.41) is 0.910. The average Bonchev–Trinajstić information content (AvgIpc) is 2.75. The molecule has 2 N–H and O–H groups in total. The number of aryl methyl sites for hydroxylation is 2. The van der Waals surface area contributed by atoms with Crippen molar-refractivity contribution >= 4 is 11.3 Å². The quantitative estimate of drug-likeness (QED) is 0.857. The minimum absolute atomic E-state index is 0.169. The van der Waals surface area contributed by atoms with Crippen molar-refractivity contribution in [2.45, 2.75) is 32.2 Å². The summed E-state index contributed by atoms with van der Waals surface area (Å²) in [7, 11) is 0. The van der Waals surface area contributed by atoms with Gasteiger partial charge in [0.05, 0.1) is 5.69 Å².